The molecule has 0 aliphatic heterocycles. The lowest BCUT2D eigenvalue weighted by molar-refractivity contribution is 0.0992. The Morgan fingerprint density at radius 2 is 2.12 bits per heavy atom. The first kappa shape index (κ1) is 18.9. The molecule has 5 nitrogen and oxygen atoms in total. The number of thiazole rings is 1. The molecular weight excluding hydrogens is 364 g/mol. The van der Waals surface area contributed by atoms with Gasteiger partial charge in [-0.1, -0.05) is 24.3 Å². The van der Waals surface area contributed by atoms with E-state index in [0.29, 0.717) is 5.69 Å². The van der Waals surface area contributed by atoms with E-state index < -0.39 is 0 Å². The van der Waals surface area contributed by atoms with E-state index in [2.05, 4.69) is 46.0 Å². The van der Waals surface area contributed by atoms with Gasteiger partial charge in [-0.05, 0) is 50.3 Å². The molecule has 0 saturated heterocycles. The minimum absolute atomic E-state index is 0.277. The highest BCUT2D eigenvalue weighted by atomic mass is 32.2. The molecule has 138 valence electrons. The van der Waals surface area contributed by atoms with E-state index in [1.807, 2.05) is 24.6 Å². The average molecular weight is 389 g/mol. The van der Waals surface area contributed by atoms with Crippen LogP contribution in [0.3, 0.4) is 0 Å². The molecule has 1 amide bonds. The van der Waals surface area contributed by atoms with Crippen molar-refractivity contribution in [3.05, 3.63) is 46.0 Å². The van der Waals surface area contributed by atoms with Crippen molar-refractivity contribution in [3.63, 3.8) is 0 Å². The fourth-order valence-corrected chi connectivity index (χ4v) is 4.38. The van der Waals surface area contributed by atoms with Gasteiger partial charge in [0.1, 0.15) is 0 Å². The zero-order valence-corrected chi connectivity index (χ0v) is 17.3. The van der Waals surface area contributed by atoms with Gasteiger partial charge in [-0.15, -0.1) is 0 Å². The van der Waals surface area contributed by atoms with Crippen LogP contribution in [-0.2, 0) is 19.5 Å². The summed E-state index contributed by atoms with van der Waals surface area (Å²) in [7, 11) is 0. The van der Waals surface area contributed by atoms with Gasteiger partial charge in [0.25, 0.3) is 5.91 Å². The number of hydrogen-bond acceptors (Lipinski definition) is 4. The average Bonchev–Trinajstić information content (AvgIpc) is 3.19. The Morgan fingerprint density at radius 1 is 1.31 bits per heavy atom. The minimum Gasteiger partial charge on any atom is -0.316 e. The van der Waals surface area contributed by atoms with Crippen molar-refractivity contribution in [1.29, 1.82) is 0 Å². The number of fused-ring (bicyclic) bond motifs is 1. The Hall–Kier alpha value is -1.86. The highest BCUT2D eigenvalue weighted by Gasteiger charge is 2.13. The molecule has 1 aromatic carbocycles. The third-order valence-electron chi connectivity index (χ3n) is 4.37. The maximum Gasteiger partial charge on any atom is 0.300 e. The van der Waals surface area contributed by atoms with Gasteiger partial charge < -0.3 is 4.57 Å². The van der Waals surface area contributed by atoms with Gasteiger partial charge in [-0.3, -0.25) is 9.48 Å². The maximum absolute atomic E-state index is 12.7. The number of benzene rings is 1. The van der Waals surface area contributed by atoms with Crippen molar-refractivity contribution in [1.82, 2.24) is 14.3 Å². The van der Waals surface area contributed by atoms with Crippen LogP contribution in [0.15, 0.2) is 29.3 Å². The Balaban J connectivity index is 2.08. The number of carbonyl (C=O) groups excluding carboxylic acids is 1. The monoisotopic (exact) mass is 388 g/mol. The molecule has 0 saturated carbocycles. The van der Waals surface area contributed by atoms with E-state index in [0.717, 1.165) is 41.3 Å². The smallest absolute Gasteiger partial charge is 0.300 e. The van der Waals surface area contributed by atoms with Crippen LogP contribution in [-0.4, -0.2) is 32.3 Å². The Labute approximate surface area is 161 Å². The van der Waals surface area contributed by atoms with Crippen molar-refractivity contribution in [2.75, 3.05) is 12.0 Å². The normalized spacial score (nSPS) is 12.2. The SMILES string of the molecule is CCc1ccc2c(c1)sc(=NC(=O)c1cc(C)n(CC)n1)n2CCSC. The third-order valence-corrected chi connectivity index (χ3v) is 6.00. The van der Waals surface area contributed by atoms with Crippen molar-refractivity contribution in [2.45, 2.75) is 40.3 Å². The topological polar surface area (TPSA) is 52.2 Å². The summed E-state index contributed by atoms with van der Waals surface area (Å²) in [5.74, 6) is 0.701. The molecule has 0 unspecified atom stereocenters. The second kappa shape index (κ2) is 8.22. The summed E-state index contributed by atoms with van der Waals surface area (Å²) in [6.45, 7) is 7.70. The first-order chi connectivity index (χ1) is 12.6. The predicted molar refractivity (Wildman–Crippen MR) is 110 cm³/mol. The molecule has 0 fully saturated rings. The summed E-state index contributed by atoms with van der Waals surface area (Å²) in [5.41, 5.74) is 3.83. The second-order valence-corrected chi connectivity index (χ2v) is 8.08. The van der Waals surface area contributed by atoms with Gasteiger partial charge in [0.2, 0.25) is 0 Å². The zero-order valence-electron chi connectivity index (χ0n) is 15.7. The van der Waals surface area contributed by atoms with Crippen LogP contribution in [0.5, 0.6) is 0 Å². The molecule has 3 aromatic rings. The lowest BCUT2D eigenvalue weighted by atomic mass is 10.2. The molecule has 26 heavy (non-hydrogen) atoms. The molecule has 2 aromatic heterocycles. The summed E-state index contributed by atoms with van der Waals surface area (Å²) in [6, 6.07) is 8.31. The minimum atomic E-state index is -0.277. The van der Waals surface area contributed by atoms with Gasteiger partial charge in [0.15, 0.2) is 10.5 Å². The maximum atomic E-state index is 12.7. The Kier molecular flexibility index (Phi) is 5.98. The van der Waals surface area contributed by atoms with Crippen molar-refractivity contribution in [3.8, 4) is 0 Å². The number of carbonyl (C=O) groups is 1. The fourth-order valence-electron chi connectivity index (χ4n) is 2.90. The number of nitrogens with zero attached hydrogens (tertiary/aromatic N) is 4. The molecule has 0 aliphatic rings. The van der Waals surface area contributed by atoms with E-state index in [1.165, 1.54) is 10.3 Å². The standard InChI is InChI=1S/C19H24N4OS2/c1-5-14-7-8-16-17(12-14)26-19(22(16)9-10-25-4)20-18(24)15-11-13(3)23(6-2)21-15/h7-8,11-12H,5-6,9-10H2,1-4H3. The molecule has 3 rings (SSSR count). The van der Waals surface area contributed by atoms with E-state index in [4.69, 9.17) is 0 Å². The van der Waals surface area contributed by atoms with Gasteiger partial charge >= 0.3 is 0 Å². The summed E-state index contributed by atoms with van der Waals surface area (Å²) in [6.07, 6.45) is 3.09. The van der Waals surface area contributed by atoms with E-state index in [9.17, 15) is 4.79 Å². The quantitative estimate of drug-likeness (QED) is 0.644. The van der Waals surface area contributed by atoms with Crippen molar-refractivity contribution >= 4 is 39.2 Å². The molecule has 0 spiro atoms. The molecule has 0 radical (unpaired) electrons. The zero-order chi connectivity index (χ0) is 18.7. The fraction of sp³-hybridized carbons (Fsp3) is 0.421. The highest BCUT2D eigenvalue weighted by Crippen LogP contribution is 2.20. The Morgan fingerprint density at radius 3 is 2.77 bits per heavy atom. The van der Waals surface area contributed by atoms with Crippen LogP contribution in [0.4, 0.5) is 0 Å². The van der Waals surface area contributed by atoms with Gasteiger partial charge in [-0.25, -0.2) is 0 Å². The van der Waals surface area contributed by atoms with Crippen LogP contribution in [0.25, 0.3) is 10.2 Å². The van der Waals surface area contributed by atoms with E-state index in [-0.39, 0.29) is 5.91 Å². The summed E-state index contributed by atoms with van der Waals surface area (Å²) < 4.78 is 5.15. The second-order valence-electron chi connectivity index (χ2n) is 6.09. The molecule has 0 aliphatic carbocycles. The molecule has 7 heteroatoms. The number of hydrogen-bond donors (Lipinski definition) is 0. The highest BCUT2D eigenvalue weighted by molar-refractivity contribution is 7.98. The van der Waals surface area contributed by atoms with Crippen LogP contribution in [0.1, 0.15) is 35.6 Å². The molecule has 0 bridgehead atoms. The molecule has 0 atom stereocenters. The number of aryl methyl sites for hydroxylation is 4. The predicted octanol–water partition coefficient (Wildman–Crippen LogP) is 3.89. The van der Waals surface area contributed by atoms with E-state index in [1.54, 1.807) is 23.1 Å². The van der Waals surface area contributed by atoms with Gasteiger partial charge in [0, 0.05) is 24.5 Å². The van der Waals surface area contributed by atoms with Crippen molar-refractivity contribution in [2.24, 2.45) is 4.99 Å². The van der Waals surface area contributed by atoms with Crippen LogP contribution in [0.2, 0.25) is 0 Å². The molecule has 2 heterocycles. The number of amides is 1. The lowest BCUT2D eigenvalue weighted by Crippen LogP contribution is -2.18. The number of rotatable bonds is 6. The Bertz CT molecular complexity index is 997. The number of aromatic nitrogens is 3. The lowest BCUT2D eigenvalue weighted by Gasteiger charge is -2.04. The molecular formula is C19H24N4OS2. The van der Waals surface area contributed by atoms with Crippen LogP contribution >= 0.6 is 23.1 Å². The first-order valence-corrected chi connectivity index (χ1v) is 11.0. The summed E-state index contributed by atoms with van der Waals surface area (Å²) in [5, 5.41) is 4.36. The van der Waals surface area contributed by atoms with Crippen LogP contribution in [0, 0.1) is 6.92 Å². The number of thioether (sulfide) groups is 1. The van der Waals surface area contributed by atoms with Crippen molar-refractivity contribution < 1.29 is 4.79 Å². The third kappa shape index (κ3) is 3.78. The summed E-state index contributed by atoms with van der Waals surface area (Å²) >= 11 is 3.37. The van der Waals surface area contributed by atoms with Crippen LogP contribution < -0.4 is 4.80 Å². The van der Waals surface area contributed by atoms with Gasteiger partial charge in [0.05, 0.1) is 10.2 Å². The van der Waals surface area contributed by atoms with Gasteiger partial charge in [-0.2, -0.15) is 21.9 Å². The molecule has 0 N–H and O–H groups in total. The van der Waals surface area contributed by atoms with E-state index >= 15 is 0 Å². The largest absolute Gasteiger partial charge is 0.316 e. The summed E-state index contributed by atoms with van der Waals surface area (Å²) in [4.78, 5) is 17.8. The first-order valence-electron chi connectivity index (χ1n) is 8.82.